The highest BCUT2D eigenvalue weighted by Crippen LogP contribution is 2.23. The molecule has 0 aromatic carbocycles. The summed E-state index contributed by atoms with van der Waals surface area (Å²) >= 11 is 1.17. The molecular formula is C17H26N2O4S. The molecule has 2 N–H and O–H groups in total. The van der Waals surface area contributed by atoms with Crippen LogP contribution in [0.15, 0.2) is 11.5 Å². The number of aliphatic carboxylic acids is 1. The molecule has 0 spiro atoms. The summed E-state index contributed by atoms with van der Waals surface area (Å²) in [6, 6.07) is 0. The number of carbonyl (C=O) groups excluding carboxylic acids is 1. The maximum absolute atomic E-state index is 11.7. The van der Waals surface area contributed by atoms with Gasteiger partial charge in [-0.1, -0.05) is 32.3 Å². The number of carboxylic acids is 1. The van der Waals surface area contributed by atoms with Crippen LogP contribution in [0, 0.1) is 0 Å². The number of allylic oxidation sites excluding steroid dienone is 1. The van der Waals surface area contributed by atoms with Gasteiger partial charge in [-0.25, -0.2) is 14.6 Å². The van der Waals surface area contributed by atoms with Gasteiger partial charge < -0.3 is 9.84 Å². The van der Waals surface area contributed by atoms with Crippen molar-refractivity contribution in [3.8, 4) is 0 Å². The van der Waals surface area contributed by atoms with Gasteiger partial charge in [0.25, 0.3) is 0 Å². The summed E-state index contributed by atoms with van der Waals surface area (Å²) in [5.41, 5.74) is -0.0801. The van der Waals surface area contributed by atoms with Gasteiger partial charge in [-0.05, 0) is 33.6 Å². The summed E-state index contributed by atoms with van der Waals surface area (Å²) in [6.45, 7) is 7.43. The number of carbonyl (C=O) groups is 2. The quantitative estimate of drug-likeness (QED) is 0.510. The first-order valence-corrected chi connectivity index (χ1v) is 9.00. The van der Waals surface area contributed by atoms with Crippen LogP contribution < -0.4 is 5.32 Å². The highest BCUT2D eigenvalue weighted by atomic mass is 32.1. The van der Waals surface area contributed by atoms with Gasteiger partial charge in [0.05, 0.1) is 11.3 Å². The molecule has 1 aromatic rings. The number of hydrogen-bond acceptors (Lipinski definition) is 5. The molecule has 1 amide bonds. The topological polar surface area (TPSA) is 88.5 Å². The van der Waals surface area contributed by atoms with E-state index < -0.39 is 17.7 Å². The van der Waals surface area contributed by atoms with Crippen LogP contribution in [0.25, 0.3) is 5.57 Å². The highest BCUT2D eigenvalue weighted by Gasteiger charge is 2.19. The summed E-state index contributed by atoms with van der Waals surface area (Å²) in [6.07, 6.45) is 6.13. The first-order chi connectivity index (χ1) is 11.2. The minimum absolute atomic E-state index is 0.167. The predicted molar refractivity (Wildman–Crippen MR) is 96.3 cm³/mol. The number of ether oxygens (including phenoxy) is 1. The molecule has 0 saturated carbocycles. The van der Waals surface area contributed by atoms with Gasteiger partial charge in [-0.15, -0.1) is 11.3 Å². The second-order valence-electron chi connectivity index (χ2n) is 6.44. The van der Waals surface area contributed by atoms with Crippen molar-refractivity contribution in [3.63, 3.8) is 0 Å². The summed E-state index contributed by atoms with van der Waals surface area (Å²) in [7, 11) is 0. The largest absolute Gasteiger partial charge is 0.478 e. The standard InChI is InChI=1S/C17H26N2O4S/c1-5-6-7-8-9-10-12(14(20)21)13-11-24-15(18-13)19-16(22)23-17(2,3)4/h10-11H,5-9H2,1-4H3,(H,20,21)(H,18,19,22). The normalized spacial score (nSPS) is 12.1. The molecule has 0 radical (unpaired) electrons. The Labute approximate surface area is 146 Å². The fourth-order valence-electron chi connectivity index (χ4n) is 1.96. The van der Waals surface area contributed by atoms with E-state index in [0.717, 1.165) is 25.7 Å². The Balaban J connectivity index is 2.70. The number of aromatic nitrogens is 1. The Bertz CT molecular complexity index is 588. The second-order valence-corrected chi connectivity index (χ2v) is 7.30. The lowest BCUT2D eigenvalue weighted by Crippen LogP contribution is -2.27. The average molecular weight is 354 g/mol. The molecule has 0 saturated heterocycles. The van der Waals surface area contributed by atoms with E-state index in [1.54, 1.807) is 32.2 Å². The Morgan fingerprint density at radius 3 is 2.62 bits per heavy atom. The van der Waals surface area contributed by atoms with Crippen molar-refractivity contribution in [2.45, 2.75) is 65.4 Å². The zero-order valence-corrected chi connectivity index (χ0v) is 15.5. The van der Waals surface area contributed by atoms with Gasteiger partial charge in [0.15, 0.2) is 5.13 Å². The molecule has 134 valence electrons. The molecule has 24 heavy (non-hydrogen) atoms. The lowest BCUT2D eigenvalue weighted by atomic mass is 10.1. The predicted octanol–water partition coefficient (Wildman–Crippen LogP) is 4.93. The van der Waals surface area contributed by atoms with Gasteiger partial charge >= 0.3 is 12.1 Å². The molecule has 6 nitrogen and oxygen atoms in total. The minimum atomic E-state index is -1.01. The van der Waals surface area contributed by atoms with Crippen molar-refractivity contribution in [1.82, 2.24) is 4.98 Å². The SMILES string of the molecule is CCCCCCC=C(C(=O)O)c1csc(NC(=O)OC(C)(C)C)n1. The number of thiazole rings is 1. The van der Waals surface area contributed by atoms with Crippen LogP contribution in [0.1, 0.15) is 65.5 Å². The summed E-state index contributed by atoms with van der Waals surface area (Å²) in [5, 5.41) is 13.8. The van der Waals surface area contributed by atoms with Crippen LogP contribution in [-0.4, -0.2) is 27.8 Å². The van der Waals surface area contributed by atoms with E-state index in [-0.39, 0.29) is 5.57 Å². The number of rotatable bonds is 8. The van der Waals surface area contributed by atoms with Gasteiger partial charge in [0.2, 0.25) is 0 Å². The fraction of sp³-hybridized carbons (Fsp3) is 0.588. The highest BCUT2D eigenvalue weighted by molar-refractivity contribution is 7.14. The monoisotopic (exact) mass is 354 g/mol. The Morgan fingerprint density at radius 1 is 1.33 bits per heavy atom. The Kier molecular flexibility index (Phi) is 7.91. The van der Waals surface area contributed by atoms with Gasteiger partial charge in [-0.2, -0.15) is 0 Å². The van der Waals surface area contributed by atoms with Crippen molar-refractivity contribution >= 4 is 34.1 Å². The molecule has 0 aliphatic rings. The first kappa shape index (κ1) is 20.2. The molecule has 0 fully saturated rings. The van der Waals surface area contributed by atoms with Crippen LogP contribution in [0.3, 0.4) is 0 Å². The number of nitrogens with one attached hydrogen (secondary N) is 1. The van der Waals surface area contributed by atoms with E-state index in [9.17, 15) is 14.7 Å². The van der Waals surface area contributed by atoms with Crippen LogP contribution in [0.4, 0.5) is 9.93 Å². The van der Waals surface area contributed by atoms with E-state index in [0.29, 0.717) is 17.2 Å². The zero-order chi connectivity index (χ0) is 18.2. The van der Waals surface area contributed by atoms with Crippen LogP contribution in [0.2, 0.25) is 0 Å². The maximum atomic E-state index is 11.7. The van der Waals surface area contributed by atoms with Gasteiger partial charge in [0, 0.05) is 5.38 Å². The van der Waals surface area contributed by atoms with E-state index >= 15 is 0 Å². The van der Waals surface area contributed by atoms with Crippen molar-refractivity contribution in [2.75, 3.05) is 5.32 Å². The van der Waals surface area contributed by atoms with E-state index in [4.69, 9.17) is 4.74 Å². The third-order valence-corrected chi connectivity index (χ3v) is 3.78. The third kappa shape index (κ3) is 7.59. The van der Waals surface area contributed by atoms with Crippen molar-refractivity contribution in [2.24, 2.45) is 0 Å². The molecule has 1 rings (SSSR count). The first-order valence-electron chi connectivity index (χ1n) is 8.12. The summed E-state index contributed by atoms with van der Waals surface area (Å²) in [4.78, 5) is 27.3. The number of carboxylic acid groups (broad SMARTS) is 1. The lowest BCUT2D eigenvalue weighted by Gasteiger charge is -2.18. The number of hydrogen-bond donors (Lipinski definition) is 2. The fourth-order valence-corrected chi connectivity index (χ4v) is 2.66. The molecule has 1 heterocycles. The minimum Gasteiger partial charge on any atom is -0.478 e. The summed E-state index contributed by atoms with van der Waals surface area (Å²) < 4.78 is 5.15. The van der Waals surface area contributed by atoms with Gasteiger partial charge in [0.1, 0.15) is 5.60 Å². The lowest BCUT2D eigenvalue weighted by molar-refractivity contribution is -0.130. The molecule has 7 heteroatoms. The summed E-state index contributed by atoms with van der Waals surface area (Å²) in [5.74, 6) is -1.01. The number of unbranched alkanes of at least 4 members (excludes halogenated alkanes) is 4. The molecule has 1 aromatic heterocycles. The van der Waals surface area contributed by atoms with Crippen LogP contribution in [0.5, 0.6) is 0 Å². The second kappa shape index (κ2) is 9.42. The maximum Gasteiger partial charge on any atom is 0.413 e. The Morgan fingerprint density at radius 2 is 2.04 bits per heavy atom. The molecule has 0 aliphatic heterocycles. The van der Waals surface area contributed by atoms with E-state index in [2.05, 4.69) is 17.2 Å². The van der Waals surface area contributed by atoms with E-state index in [1.165, 1.54) is 11.3 Å². The van der Waals surface area contributed by atoms with Crippen LogP contribution >= 0.6 is 11.3 Å². The van der Waals surface area contributed by atoms with Gasteiger partial charge in [-0.3, -0.25) is 5.32 Å². The van der Waals surface area contributed by atoms with E-state index in [1.807, 2.05) is 0 Å². The van der Waals surface area contributed by atoms with Crippen molar-refractivity contribution in [1.29, 1.82) is 0 Å². The average Bonchev–Trinajstić information content (AvgIpc) is 2.88. The van der Waals surface area contributed by atoms with Crippen LogP contribution in [-0.2, 0) is 9.53 Å². The van der Waals surface area contributed by atoms with Crippen molar-refractivity contribution < 1.29 is 19.4 Å². The zero-order valence-electron chi connectivity index (χ0n) is 14.7. The third-order valence-electron chi connectivity index (χ3n) is 3.02. The number of nitrogens with zero attached hydrogens (tertiary/aromatic N) is 1. The number of anilines is 1. The molecule has 0 bridgehead atoms. The smallest absolute Gasteiger partial charge is 0.413 e. The molecule has 0 atom stereocenters. The molecule has 0 aliphatic carbocycles. The van der Waals surface area contributed by atoms with Crippen molar-refractivity contribution in [3.05, 3.63) is 17.2 Å². The molecular weight excluding hydrogens is 328 g/mol. The number of amides is 1. The Hall–Kier alpha value is -1.89. The molecule has 0 unspecified atom stereocenters.